The van der Waals surface area contributed by atoms with E-state index in [1.54, 1.807) is 0 Å². The highest BCUT2D eigenvalue weighted by atomic mass is 16.5. The zero-order valence-electron chi connectivity index (χ0n) is 12.8. The Hall–Kier alpha value is -0.860. The van der Waals surface area contributed by atoms with Crippen molar-refractivity contribution >= 4 is 11.8 Å². The molecule has 0 saturated heterocycles. The first-order chi connectivity index (χ1) is 8.93. The Labute approximate surface area is 117 Å². The summed E-state index contributed by atoms with van der Waals surface area (Å²) in [4.78, 5) is 23.3. The van der Waals surface area contributed by atoms with Crippen molar-refractivity contribution < 1.29 is 14.3 Å². The number of hydrogen-bond acceptors (Lipinski definition) is 3. The Balaban J connectivity index is 2.51. The Morgan fingerprint density at radius 2 is 1.95 bits per heavy atom. The summed E-state index contributed by atoms with van der Waals surface area (Å²) >= 11 is 0. The SMILES string of the molecule is CCCC(=O)CC(=O)OC1CC(C)CCC1C(C)C. The topological polar surface area (TPSA) is 43.4 Å². The van der Waals surface area contributed by atoms with E-state index >= 15 is 0 Å². The predicted molar refractivity (Wildman–Crippen MR) is 75.8 cm³/mol. The van der Waals surface area contributed by atoms with Crippen LogP contribution in [0.25, 0.3) is 0 Å². The van der Waals surface area contributed by atoms with Gasteiger partial charge in [-0.2, -0.15) is 0 Å². The number of esters is 1. The molecular weight excluding hydrogens is 240 g/mol. The second-order valence-electron chi connectivity index (χ2n) is 6.32. The second-order valence-corrected chi connectivity index (χ2v) is 6.32. The third kappa shape index (κ3) is 5.33. The van der Waals surface area contributed by atoms with Crippen LogP contribution in [0.2, 0.25) is 0 Å². The number of carbonyl (C=O) groups is 2. The Morgan fingerprint density at radius 3 is 2.53 bits per heavy atom. The first-order valence-corrected chi connectivity index (χ1v) is 7.65. The van der Waals surface area contributed by atoms with Gasteiger partial charge < -0.3 is 4.74 Å². The van der Waals surface area contributed by atoms with Crippen LogP contribution in [0.4, 0.5) is 0 Å². The van der Waals surface area contributed by atoms with Crippen LogP contribution in [-0.4, -0.2) is 17.9 Å². The van der Waals surface area contributed by atoms with Crippen LogP contribution >= 0.6 is 0 Å². The molecule has 3 nitrogen and oxygen atoms in total. The van der Waals surface area contributed by atoms with Crippen molar-refractivity contribution in [2.24, 2.45) is 17.8 Å². The van der Waals surface area contributed by atoms with Crippen LogP contribution in [0, 0.1) is 17.8 Å². The molecule has 3 heteroatoms. The quantitative estimate of drug-likeness (QED) is 0.544. The third-order valence-electron chi connectivity index (χ3n) is 4.11. The fraction of sp³-hybridized carbons (Fsp3) is 0.875. The summed E-state index contributed by atoms with van der Waals surface area (Å²) in [6.45, 7) is 8.52. The molecule has 1 aliphatic carbocycles. The first kappa shape index (κ1) is 16.2. The normalized spacial score (nSPS) is 27.3. The standard InChI is InChI=1S/C16H28O3/c1-5-6-13(17)10-16(18)19-15-9-12(4)7-8-14(15)11(2)3/h11-12,14-15H,5-10H2,1-4H3. The zero-order valence-corrected chi connectivity index (χ0v) is 12.8. The number of Topliss-reactive ketones (excluding diaryl/α,β-unsaturated/α-hetero) is 1. The molecule has 0 aliphatic heterocycles. The highest BCUT2D eigenvalue weighted by molar-refractivity contribution is 5.95. The van der Waals surface area contributed by atoms with Crippen LogP contribution < -0.4 is 0 Å². The zero-order chi connectivity index (χ0) is 14.4. The third-order valence-corrected chi connectivity index (χ3v) is 4.11. The van der Waals surface area contributed by atoms with Crippen molar-refractivity contribution in [3.05, 3.63) is 0 Å². The van der Waals surface area contributed by atoms with Crippen molar-refractivity contribution in [2.75, 3.05) is 0 Å². The monoisotopic (exact) mass is 268 g/mol. The summed E-state index contributed by atoms with van der Waals surface area (Å²) in [5.41, 5.74) is 0. The molecule has 0 bridgehead atoms. The Bertz CT molecular complexity index is 309. The summed E-state index contributed by atoms with van der Waals surface area (Å²) in [6, 6.07) is 0. The van der Waals surface area contributed by atoms with Crippen molar-refractivity contribution in [1.29, 1.82) is 0 Å². The van der Waals surface area contributed by atoms with E-state index < -0.39 is 0 Å². The van der Waals surface area contributed by atoms with Crippen LogP contribution in [0.15, 0.2) is 0 Å². The van der Waals surface area contributed by atoms with Gasteiger partial charge in [-0.1, -0.05) is 34.1 Å². The highest BCUT2D eigenvalue weighted by Crippen LogP contribution is 2.35. The van der Waals surface area contributed by atoms with Crippen molar-refractivity contribution in [3.63, 3.8) is 0 Å². The maximum Gasteiger partial charge on any atom is 0.313 e. The van der Waals surface area contributed by atoms with Gasteiger partial charge in [0.1, 0.15) is 18.3 Å². The van der Waals surface area contributed by atoms with Gasteiger partial charge in [0.15, 0.2) is 0 Å². The second kappa shape index (κ2) is 7.66. The minimum atomic E-state index is -0.330. The highest BCUT2D eigenvalue weighted by Gasteiger charge is 2.33. The molecule has 0 aromatic carbocycles. The molecule has 0 spiro atoms. The summed E-state index contributed by atoms with van der Waals surface area (Å²) in [5.74, 6) is 1.25. The number of rotatable bonds is 6. The summed E-state index contributed by atoms with van der Waals surface area (Å²) < 4.78 is 5.59. The van der Waals surface area contributed by atoms with Crippen LogP contribution in [-0.2, 0) is 14.3 Å². The van der Waals surface area contributed by atoms with Crippen molar-refractivity contribution in [1.82, 2.24) is 0 Å². The molecule has 19 heavy (non-hydrogen) atoms. The molecule has 0 N–H and O–H groups in total. The van der Waals surface area contributed by atoms with Gasteiger partial charge in [-0.05, 0) is 37.0 Å². The molecule has 0 heterocycles. The summed E-state index contributed by atoms with van der Waals surface area (Å²) in [5, 5.41) is 0. The first-order valence-electron chi connectivity index (χ1n) is 7.65. The number of ketones is 1. The molecule has 3 atom stereocenters. The van der Waals surface area contributed by atoms with E-state index in [4.69, 9.17) is 4.74 Å². The maximum atomic E-state index is 11.8. The summed E-state index contributed by atoms with van der Waals surface area (Å²) in [7, 11) is 0. The van der Waals surface area contributed by atoms with Gasteiger partial charge >= 0.3 is 5.97 Å². The van der Waals surface area contributed by atoms with E-state index in [1.165, 1.54) is 6.42 Å². The van der Waals surface area contributed by atoms with Gasteiger partial charge in [0, 0.05) is 6.42 Å². The molecule has 0 amide bonds. The Morgan fingerprint density at radius 1 is 1.26 bits per heavy atom. The lowest BCUT2D eigenvalue weighted by molar-refractivity contribution is -0.157. The molecule has 0 aromatic heterocycles. The molecule has 0 radical (unpaired) electrons. The van der Waals surface area contributed by atoms with Gasteiger partial charge in [0.05, 0.1) is 0 Å². The predicted octanol–water partition coefficient (Wildman–Crippen LogP) is 3.75. The molecule has 1 saturated carbocycles. The van der Waals surface area contributed by atoms with Gasteiger partial charge in [-0.25, -0.2) is 0 Å². The lowest BCUT2D eigenvalue weighted by Crippen LogP contribution is -2.36. The smallest absolute Gasteiger partial charge is 0.313 e. The van der Waals surface area contributed by atoms with E-state index in [0.717, 1.165) is 19.3 Å². The molecule has 1 rings (SSSR count). The molecule has 3 unspecified atom stereocenters. The van der Waals surface area contributed by atoms with E-state index in [2.05, 4.69) is 20.8 Å². The number of carbonyl (C=O) groups excluding carboxylic acids is 2. The lowest BCUT2D eigenvalue weighted by atomic mass is 9.75. The van der Waals surface area contributed by atoms with Gasteiger partial charge in [-0.3, -0.25) is 9.59 Å². The summed E-state index contributed by atoms with van der Waals surface area (Å²) in [6.07, 6.45) is 4.50. The minimum absolute atomic E-state index is 0.00236. The van der Waals surface area contributed by atoms with E-state index in [-0.39, 0.29) is 24.3 Å². The lowest BCUT2D eigenvalue weighted by Gasteiger charge is -2.36. The van der Waals surface area contributed by atoms with E-state index in [1.807, 2.05) is 6.92 Å². The fourth-order valence-electron chi connectivity index (χ4n) is 2.99. The van der Waals surface area contributed by atoms with Crippen LogP contribution in [0.5, 0.6) is 0 Å². The van der Waals surface area contributed by atoms with Gasteiger partial charge in [0.25, 0.3) is 0 Å². The van der Waals surface area contributed by atoms with E-state index in [0.29, 0.717) is 24.2 Å². The van der Waals surface area contributed by atoms with Gasteiger partial charge in [0.2, 0.25) is 0 Å². The Kier molecular flexibility index (Phi) is 6.53. The van der Waals surface area contributed by atoms with Crippen LogP contribution in [0.1, 0.15) is 66.2 Å². The average Bonchev–Trinajstić information content (AvgIpc) is 2.28. The van der Waals surface area contributed by atoms with Crippen LogP contribution in [0.3, 0.4) is 0 Å². The van der Waals surface area contributed by atoms with E-state index in [9.17, 15) is 9.59 Å². The fourth-order valence-corrected chi connectivity index (χ4v) is 2.99. The molecule has 1 aliphatic rings. The van der Waals surface area contributed by atoms with Gasteiger partial charge in [-0.15, -0.1) is 0 Å². The number of ether oxygens (including phenoxy) is 1. The molecule has 110 valence electrons. The molecular formula is C16H28O3. The number of hydrogen-bond donors (Lipinski definition) is 0. The molecule has 0 aromatic rings. The van der Waals surface area contributed by atoms with Crippen molar-refractivity contribution in [3.8, 4) is 0 Å². The largest absolute Gasteiger partial charge is 0.462 e. The molecule has 1 fully saturated rings. The average molecular weight is 268 g/mol. The van der Waals surface area contributed by atoms with Crippen molar-refractivity contribution in [2.45, 2.75) is 72.3 Å². The maximum absolute atomic E-state index is 11.8. The minimum Gasteiger partial charge on any atom is -0.462 e.